The lowest BCUT2D eigenvalue weighted by atomic mass is 9.79. The standard InChI is InChI=1S/C36H27FN2S/c1-4-31-27-12-7-6-11-26(27)29-17-13-22-14-18-30-28-16-15-24(23-9-8-10-25(37)19-23)20-33(28)40-36(30)34(22)32(5-2)38-21(3)35(29)39-31/h4-12,14-16,18-20,29,35H,1-3,13,17H2/b38-32-. The van der Waals surface area contributed by atoms with E-state index in [0.29, 0.717) is 0 Å². The van der Waals surface area contributed by atoms with Crippen LogP contribution in [0.15, 0.2) is 126 Å². The van der Waals surface area contributed by atoms with Crippen LogP contribution in [-0.2, 0) is 6.42 Å². The Morgan fingerprint density at radius 2 is 1.65 bits per heavy atom. The summed E-state index contributed by atoms with van der Waals surface area (Å²) in [5.41, 5.74) is 9.16. The third-order valence-corrected chi connectivity index (χ3v) is 9.34. The summed E-state index contributed by atoms with van der Waals surface area (Å²) >= 11 is 1.76. The summed E-state index contributed by atoms with van der Waals surface area (Å²) in [6, 6.07) is 26.0. The van der Waals surface area contributed by atoms with Crippen molar-refractivity contribution in [3.8, 4) is 11.1 Å². The number of benzene rings is 4. The first-order valence-electron chi connectivity index (χ1n) is 13.5. The van der Waals surface area contributed by atoms with E-state index >= 15 is 0 Å². The maximum Gasteiger partial charge on any atom is 0.123 e. The molecule has 2 nitrogen and oxygen atoms in total. The maximum atomic E-state index is 13.9. The third kappa shape index (κ3) is 3.90. The van der Waals surface area contributed by atoms with E-state index in [1.54, 1.807) is 23.5 Å². The minimum atomic E-state index is -0.230. The second-order valence-electron chi connectivity index (χ2n) is 10.4. The first-order chi connectivity index (χ1) is 19.6. The third-order valence-electron chi connectivity index (χ3n) is 8.15. The molecule has 40 heavy (non-hydrogen) atoms. The van der Waals surface area contributed by atoms with Crippen LogP contribution in [0.2, 0.25) is 0 Å². The second-order valence-corrected chi connectivity index (χ2v) is 11.4. The number of aliphatic imine (C=N–C) groups is 2. The Kier molecular flexibility index (Phi) is 5.94. The topological polar surface area (TPSA) is 24.7 Å². The zero-order valence-corrected chi connectivity index (χ0v) is 22.8. The zero-order chi connectivity index (χ0) is 27.4. The summed E-state index contributed by atoms with van der Waals surface area (Å²) in [7, 11) is 0. The van der Waals surface area contributed by atoms with Gasteiger partial charge in [-0.05, 0) is 65.4 Å². The lowest BCUT2D eigenvalue weighted by Gasteiger charge is -2.31. The summed E-state index contributed by atoms with van der Waals surface area (Å²) in [5, 5.41) is 2.38. The van der Waals surface area contributed by atoms with Gasteiger partial charge in [0.15, 0.2) is 0 Å². The predicted molar refractivity (Wildman–Crippen MR) is 169 cm³/mol. The van der Waals surface area contributed by atoms with Gasteiger partial charge in [-0.15, -0.1) is 11.3 Å². The highest BCUT2D eigenvalue weighted by Gasteiger charge is 2.33. The van der Waals surface area contributed by atoms with Gasteiger partial charge in [0.25, 0.3) is 0 Å². The van der Waals surface area contributed by atoms with Crippen molar-refractivity contribution in [1.82, 2.24) is 0 Å². The molecule has 7 rings (SSSR count). The molecule has 0 aliphatic carbocycles. The fourth-order valence-corrected chi connectivity index (χ4v) is 7.59. The number of thiophene rings is 1. The highest BCUT2D eigenvalue weighted by Crippen LogP contribution is 2.43. The molecule has 2 unspecified atom stereocenters. The molecule has 3 heterocycles. The van der Waals surface area contributed by atoms with E-state index in [4.69, 9.17) is 9.98 Å². The van der Waals surface area contributed by atoms with E-state index in [-0.39, 0.29) is 17.8 Å². The van der Waals surface area contributed by atoms with Crippen molar-refractivity contribution in [3.63, 3.8) is 0 Å². The van der Waals surface area contributed by atoms with Gasteiger partial charge in [-0.1, -0.05) is 80.4 Å². The second kappa shape index (κ2) is 9.65. The van der Waals surface area contributed by atoms with Gasteiger partial charge in [0.1, 0.15) is 5.82 Å². The number of allylic oxidation sites excluding steroid dienone is 2. The molecule has 0 spiro atoms. The van der Waals surface area contributed by atoms with Gasteiger partial charge in [-0.2, -0.15) is 0 Å². The minimum Gasteiger partial charge on any atom is -0.274 e. The molecule has 0 bridgehead atoms. The van der Waals surface area contributed by atoms with Crippen LogP contribution in [0, 0.1) is 5.82 Å². The van der Waals surface area contributed by atoms with Crippen molar-refractivity contribution in [2.75, 3.05) is 0 Å². The summed E-state index contributed by atoms with van der Waals surface area (Å²) in [4.78, 5) is 10.2. The van der Waals surface area contributed by atoms with Crippen molar-refractivity contribution >= 4 is 42.9 Å². The summed E-state index contributed by atoms with van der Waals surface area (Å²) in [6.07, 6.45) is 5.51. The Hall–Kier alpha value is -4.41. The van der Waals surface area contributed by atoms with Gasteiger partial charge in [-0.3, -0.25) is 9.98 Å². The first kappa shape index (κ1) is 24.6. The van der Waals surface area contributed by atoms with Crippen LogP contribution in [0.5, 0.6) is 0 Å². The molecule has 1 aromatic heterocycles. The Labute approximate surface area is 237 Å². The Bertz CT molecular complexity index is 1940. The van der Waals surface area contributed by atoms with Crippen molar-refractivity contribution in [1.29, 1.82) is 0 Å². The van der Waals surface area contributed by atoms with Crippen LogP contribution < -0.4 is 0 Å². The fourth-order valence-electron chi connectivity index (χ4n) is 6.27. The zero-order valence-electron chi connectivity index (χ0n) is 22.0. The van der Waals surface area contributed by atoms with Gasteiger partial charge in [0.2, 0.25) is 0 Å². The minimum absolute atomic E-state index is 0.154. The van der Waals surface area contributed by atoms with Crippen molar-refractivity contribution in [3.05, 3.63) is 145 Å². The molecule has 0 fully saturated rings. The molecular formula is C36H27FN2S. The molecule has 2 aliphatic heterocycles. The number of fused-ring (bicyclic) bond motifs is 8. The van der Waals surface area contributed by atoms with Crippen LogP contribution in [0.4, 0.5) is 4.39 Å². The smallest absolute Gasteiger partial charge is 0.123 e. The molecule has 0 radical (unpaired) electrons. The molecule has 2 atom stereocenters. The molecule has 4 aromatic carbocycles. The number of halogens is 1. The molecular weight excluding hydrogens is 511 g/mol. The summed E-state index contributed by atoms with van der Waals surface area (Å²) < 4.78 is 16.3. The van der Waals surface area contributed by atoms with E-state index in [0.717, 1.165) is 56.9 Å². The van der Waals surface area contributed by atoms with Crippen molar-refractivity contribution in [2.24, 2.45) is 9.98 Å². The lowest BCUT2D eigenvalue weighted by molar-refractivity contribution is 0.541. The lowest BCUT2D eigenvalue weighted by Crippen LogP contribution is -2.27. The Morgan fingerprint density at radius 1 is 0.850 bits per heavy atom. The van der Waals surface area contributed by atoms with Gasteiger partial charge in [-0.25, -0.2) is 4.39 Å². The predicted octanol–water partition coefficient (Wildman–Crippen LogP) is 9.44. The Balaban J connectivity index is 1.41. The van der Waals surface area contributed by atoms with Crippen molar-refractivity contribution < 1.29 is 4.39 Å². The maximum absolute atomic E-state index is 13.9. The molecule has 4 heteroatoms. The normalized spacial score (nSPS) is 19.8. The monoisotopic (exact) mass is 538 g/mol. The largest absolute Gasteiger partial charge is 0.274 e. The molecule has 194 valence electrons. The number of nitrogens with zero attached hydrogens (tertiary/aromatic N) is 2. The highest BCUT2D eigenvalue weighted by molar-refractivity contribution is 7.26. The van der Waals surface area contributed by atoms with E-state index in [1.807, 2.05) is 18.2 Å². The molecule has 0 N–H and O–H groups in total. The van der Waals surface area contributed by atoms with Gasteiger partial charge in [0.05, 0.1) is 23.2 Å². The Morgan fingerprint density at radius 3 is 2.48 bits per heavy atom. The fraction of sp³-hybridized carbons (Fsp3) is 0.111. The summed E-state index contributed by atoms with van der Waals surface area (Å²) in [6.45, 7) is 12.6. The average Bonchev–Trinajstić information content (AvgIpc) is 3.37. The van der Waals surface area contributed by atoms with Crippen LogP contribution in [0.25, 0.3) is 31.3 Å². The van der Waals surface area contributed by atoms with Crippen molar-refractivity contribution in [2.45, 2.75) is 24.8 Å². The van der Waals surface area contributed by atoms with Crippen LogP contribution in [-0.4, -0.2) is 17.5 Å². The molecule has 2 aliphatic rings. The van der Waals surface area contributed by atoms with E-state index in [1.165, 1.54) is 32.7 Å². The van der Waals surface area contributed by atoms with E-state index in [9.17, 15) is 4.39 Å². The number of aryl methyl sites for hydroxylation is 1. The molecule has 0 amide bonds. The van der Waals surface area contributed by atoms with Crippen LogP contribution in [0.1, 0.15) is 34.6 Å². The van der Waals surface area contributed by atoms with Crippen LogP contribution in [0.3, 0.4) is 0 Å². The van der Waals surface area contributed by atoms with E-state index in [2.05, 4.69) is 74.3 Å². The number of hydrogen-bond donors (Lipinski definition) is 0. The number of hydrogen-bond acceptors (Lipinski definition) is 3. The SMILES string of the molecule is C=CC1=NC2C(=C)/N=C(/C=C)c3c(ccc4c3sc3cc(-c5cccc(F)c5)ccc34)CCC2c2ccccc21. The molecule has 5 aromatic rings. The van der Waals surface area contributed by atoms with Gasteiger partial charge in [0, 0.05) is 37.2 Å². The summed E-state index contributed by atoms with van der Waals surface area (Å²) in [5.74, 6) is -0.0497. The average molecular weight is 539 g/mol. The highest BCUT2D eigenvalue weighted by atomic mass is 32.1. The molecule has 0 saturated heterocycles. The van der Waals surface area contributed by atoms with E-state index < -0.39 is 0 Å². The van der Waals surface area contributed by atoms with Gasteiger partial charge < -0.3 is 0 Å². The number of rotatable bonds is 3. The van der Waals surface area contributed by atoms with Gasteiger partial charge >= 0.3 is 0 Å². The first-order valence-corrected chi connectivity index (χ1v) is 14.3. The van der Waals surface area contributed by atoms with Crippen LogP contribution >= 0.6 is 11.3 Å². The quantitative estimate of drug-likeness (QED) is 0.219. The molecule has 0 saturated carbocycles.